The Morgan fingerprint density at radius 3 is 2.42 bits per heavy atom. The smallest absolute Gasteiger partial charge is 0.341 e. The molecule has 1 aromatic rings. The summed E-state index contributed by atoms with van der Waals surface area (Å²) in [5.41, 5.74) is 6.72. The van der Waals surface area contributed by atoms with E-state index >= 15 is 4.79 Å². The van der Waals surface area contributed by atoms with E-state index in [0.29, 0.717) is 17.7 Å². The summed E-state index contributed by atoms with van der Waals surface area (Å²) < 4.78 is 11.6. The minimum atomic E-state index is -1.67. The van der Waals surface area contributed by atoms with Crippen LogP contribution in [0.2, 0.25) is 0 Å². The number of ether oxygens (including phenoxy) is 2. The topological polar surface area (TPSA) is 98.9 Å². The molecule has 0 bridgehead atoms. The molecule has 5 aliphatic rings. The molecule has 3 heterocycles. The molecule has 38 heavy (non-hydrogen) atoms. The van der Waals surface area contributed by atoms with Crippen molar-refractivity contribution in [2.45, 2.75) is 102 Å². The molecule has 7 heteroatoms. The van der Waals surface area contributed by atoms with Gasteiger partial charge in [-0.3, -0.25) is 9.59 Å². The number of fused-ring (bicyclic) bond motifs is 3. The quantitative estimate of drug-likeness (QED) is 0.550. The first-order valence-electron chi connectivity index (χ1n) is 14.0. The lowest BCUT2D eigenvalue weighted by Gasteiger charge is -2.54. The molecule has 3 aliphatic heterocycles. The zero-order valence-electron chi connectivity index (χ0n) is 23.2. The monoisotopic (exact) mass is 518 g/mol. The molecule has 1 fully saturated rings. The van der Waals surface area contributed by atoms with Crippen molar-refractivity contribution in [1.82, 2.24) is 0 Å². The Morgan fingerprint density at radius 1 is 1.05 bits per heavy atom. The van der Waals surface area contributed by atoms with E-state index in [2.05, 4.69) is 19.9 Å². The normalized spacial score (nSPS) is 28.4. The fourth-order valence-electron chi connectivity index (χ4n) is 8.28. The third-order valence-corrected chi connectivity index (χ3v) is 9.49. The van der Waals surface area contributed by atoms with Crippen molar-refractivity contribution in [3.8, 4) is 0 Å². The number of nitrogens with two attached hydrogens (primary N) is 1. The fourth-order valence-corrected chi connectivity index (χ4v) is 8.28. The number of allylic oxidation sites excluding steroid dienone is 1. The highest BCUT2D eigenvalue weighted by molar-refractivity contribution is 6.24. The fraction of sp³-hybridized carbons (Fsp3) is 0.581. The van der Waals surface area contributed by atoms with Gasteiger partial charge in [-0.1, -0.05) is 65.2 Å². The standard InChI is InChI=1S/C31H38N2O5/c1-6-37-26(35)23-25(32)38-21-16-28(2,3)15-20(34)22(21)31(23)19-12-10-11-18-24(19)33(27(31)36)30(17-29(18,4)5)13-8-7-9-14-30/h10-12H,6-9,13-17,32H2,1-5H3/t31-/m0/s1. The van der Waals surface area contributed by atoms with Crippen LogP contribution >= 0.6 is 0 Å². The van der Waals surface area contributed by atoms with Crippen molar-refractivity contribution in [2.24, 2.45) is 11.1 Å². The lowest BCUT2D eigenvalue weighted by atomic mass is 9.61. The number of carbonyl (C=O) groups excluding carboxylic acids is 3. The lowest BCUT2D eigenvalue weighted by Crippen LogP contribution is -2.61. The number of nitrogens with zero attached hydrogens (tertiary/aromatic N) is 1. The number of carbonyl (C=O) groups is 3. The summed E-state index contributed by atoms with van der Waals surface area (Å²) in [6.45, 7) is 10.3. The zero-order valence-corrected chi connectivity index (χ0v) is 23.2. The minimum Gasteiger partial charge on any atom is -0.462 e. The van der Waals surface area contributed by atoms with E-state index in [1.165, 1.54) is 0 Å². The summed E-state index contributed by atoms with van der Waals surface area (Å²) in [5, 5.41) is 0. The van der Waals surface area contributed by atoms with E-state index in [4.69, 9.17) is 15.2 Å². The molecule has 1 aromatic carbocycles. The van der Waals surface area contributed by atoms with Gasteiger partial charge in [-0.15, -0.1) is 0 Å². The number of benzene rings is 1. The molecule has 1 atom stereocenters. The van der Waals surface area contributed by atoms with Gasteiger partial charge in [0.15, 0.2) is 5.78 Å². The predicted molar refractivity (Wildman–Crippen MR) is 143 cm³/mol. The van der Waals surface area contributed by atoms with Gasteiger partial charge in [-0.05, 0) is 42.6 Å². The van der Waals surface area contributed by atoms with Gasteiger partial charge in [-0.2, -0.15) is 0 Å². The van der Waals surface area contributed by atoms with Crippen LogP contribution in [0.15, 0.2) is 41.0 Å². The molecule has 2 aliphatic carbocycles. The Bertz CT molecular complexity index is 1340. The summed E-state index contributed by atoms with van der Waals surface area (Å²) in [7, 11) is 0. The average molecular weight is 519 g/mol. The lowest BCUT2D eigenvalue weighted by molar-refractivity contribution is -0.141. The molecule has 2 N–H and O–H groups in total. The van der Waals surface area contributed by atoms with Crippen molar-refractivity contribution >= 4 is 23.3 Å². The van der Waals surface area contributed by atoms with Gasteiger partial charge in [0, 0.05) is 23.9 Å². The van der Waals surface area contributed by atoms with Gasteiger partial charge < -0.3 is 20.1 Å². The molecule has 0 saturated heterocycles. The van der Waals surface area contributed by atoms with E-state index in [1.807, 2.05) is 30.9 Å². The van der Waals surface area contributed by atoms with Gasteiger partial charge in [0.2, 0.25) is 11.8 Å². The molecule has 0 radical (unpaired) electrons. The van der Waals surface area contributed by atoms with Crippen LogP contribution in [0.3, 0.4) is 0 Å². The molecule has 2 spiro atoms. The number of amides is 1. The Hall–Kier alpha value is -3.09. The number of Topliss-reactive ketones (excluding diaryl/α,β-unsaturated/α-hetero) is 1. The maximum Gasteiger partial charge on any atom is 0.341 e. The second-order valence-corrected chi connectivity index (χ2v) is 13.2. The van der Waals surface area contributed by atoms with Crippen LogP contribution in [0.5, 0.6) is 0 Å². The molecule has 6 rings (SSSR count). The van der Waals surface area contributed by atoms with Crippen molar-refractivity contribution in [2.75, 3.05) is 11.5 Å². The molecule has 0 unspecified atom stereocenters. The Labute approximate surface area is 224 Å². The third-order valence-electron chi connectivity index (χ3n) is 9.49. The van der Waals surface area contributed by atoms with Gasteiger partial charge in [0.25, 0.3) is 0 Å². The first kappa shape index (κ1) is 25.2. The van der Waals surface area contributed by atoms with Gasteiger partial charge >= 0.3 is 5.97 Å². The number of hydrogen-bond donors (Lipinski definition) is 1. The van der Waals surface area contributed by atoms with E-state index < -0.39 is 11.4 Å². The Balaban J connectivity index is 1.72. The van der Waals surface area contributed by atoms with Gasteiger partial charge in [-0.25, -0.2) is 4.79 Å². The zero-order chi connectivity index (χ0) is 27.3. The number of hydrogen-bond acceptors (Lipinski definition) is 6. The second kappa shape index (κ2) is 7.96. The number of esters is 1. The average Bonchev–Trinajstić information content (AvgIpc) is 3.06. The van der Waals surface area contributed by atoms with Crippen LogP contribution in [0.1, 0.15) is 97.1 Å². The number of para-hydroxylation sites is 1. The third kappa shape index (κ3) is 3.10. The maximum absolute atomic E-state index is 15.3. The van der Waals surface area contributed by atoms with Crippen LogP contribution < -0.4 is 10.6 Å². The minimum absolute atomic E-state index is 0.0530. The van der Waals surface area contributed by atoms with Crippen molar-refractivity contribution in [3.63, 3.8) is 0 Å². The van der Waals surface area contributed by atoms with E-state index in [0.717, 1.165) is 49.8 Å². The van der Waals surface area contributed by atoms with Gasteiger partial charge in [0.05, 0.1) is 17.9 Å². The Kier molecular flexibility index (Phi) is 5.28. The number of anilines is 1. The summed E-state index contributed by atoms with van der Waals surface area (Å²) in [5.74, 6) is -0.882. The van der Waals surface area contributed by atoms with Crippen LogP contribution in [-0.2, 0) is 34.7 Å². The van der Waals surface area contributed by atoms with Crippen LogP contribution in [0.4, 0.5) is 5.69 Å². The molecule has 1 saturated carbocycles. The molecule has 202 valence electrons. The van der Waals surface area contributed by atoms with Gasteiger partial charge in [0.1, 0.15) is 16.7 Å². The summed E-state index contributed by atoms with van der Waals surface area (Å²) in [6, 6.07) is 5.94. The first-order chi connectivity index (χ1) is 17.9. The molecule has 7 nitrogen and oxygen atoms in total. The maximum atomic E-state index is 15.3. The molecule has 1 amide bonds. The predicted octanol–water partition coefficient (Wildman–Crippen LogP) is 5.06. The number of rotatable bonds is 2. The first-order valence-corrected chi connectivity index (χ1v) is 14.0. The molecule has 0 aromatic heterocycles. The molecular weight excluding hydrogens is 480 g/mol. The summed E-state index contributed by atoms with van der Waals surface area (Å²) in [6.07, 6.45) is 6.54. The van der Waals surface area contributed by atoms with Crippen molar-refractivity contribution in [1.29, 1.82) is 0 Å². The highest BCUT2D eigenvalue weighted by Crippen LogP contribution is 2.64. The summed E-state index contributed by atoms with van der Waals surface area (Å²) >= 11 is 0. The van der Waals surface area contributed by atoms with Crippen molar-refractivity contribution < 1.29 is 23.9 Å². The van der Waals surface area contributed by atoms with Crippen LogP contribution in [0.25, 0.3) is 0 Å². The highest BCUT2D eigenvalue weighted by atomic mass is 16.5. The Morgan fingerprint density at radius 2 is 1.74 bits per heavy atom. The second-order valence-electron chi connectivity index (χ2n) is 13.2. The van der Waals surface area contributed by atoms with Crippen LogP contribution in [-0.4, -0.2) is 29.8 Å². The largest absolute Gasteiger partial charge is 0.462 e. The van der Waals surface area contributed by atoms with E-state index in [-0.39, 0.29) is 58.1 Å². The van der Waals surface area contributed by atoms with Crippen molar-refractivity contribution in [3.05, 3.63) is 52.1 Å². The van der Waals surface area contributed by atoms with E-state index in [9.17, 15) is 9.59 Å². The molecular formula is C31H38N2O5. The van der Waals surface area contributed by atoms with E-state index in [1.54, 1.807) is 6.92 Å². The SMILES string of the molecule is CCOC(=O)C1=C(N)OC2=C(C(=O)CC(C)(C)C2)[C@]12C(=O)N1c3c(cccc32)C(C)(C)CC12CCCCC2. The highest BCUT2D eigenvalue weighted by Gasteiger charge is 2.69. The summed E-state index contributed by atoms with van der Waals surface area (Å²) in [4.78, 5) is 45.0. The number of ketones is 1. The van der Waals surface area contributed by atoms with Crippen LogP contribution in [0, 0.1) is 5.41 Å².